The van der Waals surface area contributed by atoms with Crippen molar-refractivity contribution in [1.82, 2.24) is 0 Å². The molecule has 2 bridgehead atoms. The van der Waals surface area contributed by atoms with E-state index in [2.05, 4.69) is 17.5 Å². The third-order valence-electron chi connectivity index (χ3n) is 5.67. The molecule has 1 aromatic carbocycles. The summed E-state index contributed by atoms with van der Waals surface area (Å²) in [5.41, 5.74) is 0.808. The highest BCUT2D eigenvalue weighted by Gasteiger charge is 2.59. The number of allylic oxidation sites excluding steroid dienone is 2. The SMILES string of the molecule is O=C(Nc1ccc(N2C(=O)[C@@H]3[C@H](C2=O)[C@@H]2C=C[C@H]3C2)cc1Cl)c1ccco1. The van der Waals surface area contributed by atoms with Gasteiger partial charge in [0, 0.05) is 0 Å². The molecular formula is C20H15ClN2O4. The summed E-state index contributed by atoms with van der Waals surface area (Å²) in [4.78, 5) is 39.1. The molecule has 3 aliphatic rings. The number of rotatable bonds is 3. The van der Waals surface area contributed by atoms with E-state index < -0.39 is 5.91 Å². The zero-order chi connectivity index (χ0) is 18.7. The smallest absolute Gasteiger partial charge is 0.291 e. The van der Waals surface area contributed by atoms with Crippen LogP contribution in [0.25, 0.3) is 0 Å². The van der Waals surface area contributed by atoms with Gasteiger partial charge in [-0.1, -0.05) is 23.8 Å². The van der Waals surface area contributed by atoms with Crippen molar-refractivity contribution >= 4 is 40.7 Å². The van der Waals surface area contributed by atoms with Gasteiger partial charge in [-0.05, 0) is 48.6 Å². The Bertz CT molecular complexity index is 967. The van der Waals surface area contributed by atoms with E-state index in [9.17, 15) is 14.4 Å². The van der Waals surface area contributed by atoms with E-state index >= 15 is 0 Å². The topological polar surface area (TPSA) is 79.6 Å². The van der Waals surface area contributed by atoms with Gasteiger partial charge < -0.3 is 9.73 Å². The quantitative estimate of drug-likeness (QED) is 0.651. The molecule has 2 aromatic rings. The summed E-state index contributed by atoms with van der Waals surface area (Å²) >= 11 is 6.29. The summed E-state index contributed by atoms with van der Waals surface area (Å²) in [6.07, 6.45) is 6.41. The van der Waals surface area contributed by atoms with Crippen LogP contribution in [0.4, 0.5) is 11.4 Å². The number of imide groups is 1. The summed E-state index contributed by atoms with van der Waals surface area (Å²) < 4.78 is 5.05. The monoisotopic (exact) mass is 382 g/mol. The lowest BCUT2D eigenvalue weighted by Crippen LogP contribution is -2.32. The van der Waals surface area contributed by atoms with Gasteiger partial charge >= 0.3 is 0 Å². The fraction of sp³-hybridized carbons (Fsp3) is 0.250. The number of anilines is 2. The summed E-state index contributed by atoms with van der Waals surface area (Å²) in [5, 5.41) is 2.90. The van der Waals surface area contributed by atoms with Gasteiger partial charge in [0.25, 0.3) is 5.91 Å². The highest BCUT2D eigenvalue weighted by molar-refractivity contribution is 6.34. The van der Waals surface area contributed by atoms with Crippen LogP contribution in [-0.4, -0.2) is 17.7 Å². The number of carbonyl (C=O) groups is 3. The minimum Gasteiger partial charge on any atom is -0.459 e. The van der Waals surface area contributed by atoms with E-state index in [0.29, 0.717) is 11.4 Å². The van der Waals surface area contributed by atoms with Crippen LogP contribution in [0, 0.1) is 23.7 Å². The second kappa shape index (κ2) is 5.82. The number of amides is 3. The van der Waals surface area contributed by atoms with E-state index in [1.54, 1.807) is 24.3 Å². The first-order valence-corrected chi connectivity index (χ1v) is 9.13. The lowest BCUT2D eigenvalue weighted by atomic mass is 9.85. The number of fused-ring (bicyclic) bond motifs is 5. The summed E-state index contributed by atoms with van der Waals surface area (Å²) in [6, 6.07) is 7.89. The zero-order valence-electron chi connectivity index (χ0n) is 14.1. The average molecular weight is 383 g/mol. The van der Waals surface area contributed by atoms with Gasteiger partial charge in [0.15, 0.2) is 5.76 Å². The summed E-state index contributed by atoms with van der Waals surface area (Å²) in [6.45, 7) is 0. The fourth-order valence-corrected chi connectivity index (χ4v) is 4.71. The molecule has 1 N–H and O–H groups in total. The zero-order valence-corrected chi connectivity index (χ0v) is 14.8. The molecule has 1 aliphatic heterocycles. The van der Waals surface area contributed by atoms with Crippen LogP contribution < -0.4 is 10.2 Å². The van der Waals surface area contributed by atoms with Crippen LogP contribution in [0.1, 0.15) is 17.0 Å². The van der Waals surface area contributed by atoms with Crippen LogP contribution in [0.15, 0.2) is 53.2 Å². The normalized spacial score (nSPS) is 28.1. The number of nitrogens with one attached hydrogen (secondary N) is 1. The molecule has 2 heterocycles. The van der Waals surface area contributed by atoms with Crippen molar-refractivity contribution in [3.05, 3.63) is 59.5 Å². The van der Waals surface area contributed by atoms with E-state index in [-0.39, 0.29) is 46.3 Å². The number of benzene rings is 1. The van der Waals surface area contributed by atoms with E-state index in [1.165, 1.54) is 17.2 Å². The summed E-state index contributed by atoms with van der Waals surface area (Å²) in [7, 11) is 0. The molecule has 6 nitrogen and oxygen atoms in total. The highest BCUT2D eigenvalue weighted by atomic mass is 35.5. The van der Waals surface area contributed by atoms with E-state index in [4.69, 9.17) is 16.0 Å². The maximum atomic E-state index is 12.9. The van der Waals surface area contributed by atoms with Crippen molar-refractivity contribution in [1.29, 1.82) is 0 Å². The van der Waals surface area contributed by atoms with Crippen molar-refractivity contribution in [2.24, 2.45) is 23.7 Å². The Balaban J connectivity index is 1.40. The van der Waals surface area contributed by atoms with E-state index in [1.807, 2.05) is 0 Å². The van der Waals surface area contributed by atoms with E-state index in [0.717, 1.165) is 6.42 Å². The Morgan fingerprint density at radius 3 is 2.41 bits per heavy atom. The minimum absolute atomic E-state index is 0.156. The molecule has 0 spiro atoms. The predicted octanol–water partition coefficient (Wildman–Crippen LogP) is 3.50. The molecule has 5 rings (SSSR count). The Kier molecular flexibility index (Phi) is 3.52. The van der Waals surface area contributed by atoms with Gasteiger partial charge in [-0.2, -0.15) is 0 Å². The molecule has 2 aliphatic carbocycles. The van der Waals surface area contributed by atoms with Gasteiger partial charge in [0.1, 0.15) is 0 Å². The third kappa shape index (κ3) is 2.36. The molecule has 1 saturated heterocycles. The standard InChI is InChI=1S/C20H15ClN2O4/c21-13-9-12(5-6-14(13)22-18(24)15-2-1-7-27-15)23-19(25)16-10-3-4-11(8-10)17(16)20(23)26/h1-7,9-11,16-17H,8H2,(H,22,24)/t10-,11+,16-,17+. The average Bonchev–Trinajstić information content (AvgIpc) is 3.42. The fourth-order valence-electron chi connectivity index (χ4n) is 4.49. The molecular weight excluding hydrogens is 368 g/mol. The molecule has 4 atom stereocenters. The number of nitrogens with zero attached hydrogens (tertiary/aromatic N) is 1. The van der Waals surface area contributed by atoms with Crippen molar-refractivity contribution in [2.45, 2.75) is 6.42 Å². The second-order valence-electron chi connectivity index (χ2n) is 7.11. The van der Waals surface area contributed by atoms with Crippen LogP contribution in [-0.2, 0) is 9.59 Å². The maximum Gasteiger partial charge on any atom is 0.291 e. The number of hydrogen-bond donors (Lipinski definition) is 1. The Hall–Kier alpha value is -2.86. The largest absolute Gasteiger partial charge is 0.459 e. The first-order chi connectivity index (χ1) is 13.0. The van der Waals surface area contributed by atoms with Gasteiger partial charge in [0.2, 0.25) is 11.8 Å². The molecule has 27 heavy (non-hydrogen) atoms. The van der Waals surface area contributed by atoms with Gasteiger partial charge in [-0.15, -0.1) is 0 Å². The second-order valence-corrected chi connectivity index (χ2v) is 7.51. The highest BCUT2D eigenvalue weighted by Crippen LogP contribution is 2.53. The number of furan rings is 1. The Morgan fingerprint density at radius 1 is 1.11 bits per heavy atom. The van der Waals surface area contributed by atoms with Crippen molar-refractivity contribution < 1.29 is 18.8 Å². The van der Waals surface area contributed by atoms with Crippen molar-refractivity contribution in [3.63, 3.8) is 0 Å². The first kappa shape index (κ1) is 16.3. The van der Waals surface area contributed by atoms with Crippen LogP contribution in [0.5, 0.6) is 0 Å². The van der Waals surface area contributed by atoms with Crippen LogP contribution in [0.2, 0.25) is 5.02 Å². The predicted molar refractivity (Wildman–Crippen MR) is 98.3 cm³/mol. The first-order valence-electron chi connectivity index (χ1n) is 8.75. The number of hydrogen-bond acceptors (Lipinski definition) is 4. The third-order valence-corrected chi connectivity index (χ3v) is 5.99. The van der Waals surface area contributed by atoms with Gasteiger partial charge in [-0.25, -0.2) is 4.90 Å². The summed E-state index contributed by atoms with van der Waals surface area (Å²) in [5.74, 6) is -0.798. The molecule has 1 saturated carbocycles. The molecule has 0 radical (unpaired) electrons. The molecule has 1 aromatic heterocycles. The maximum absolute atomic E-state index is 12.9. The number of carbonyl (C=O) groups excluding carboxylic acids is 3. The Labute approximate surface area is 159 Å². The molecule has 7 heteroatoms. The molecule has 2 fully saturated rings. The lowest BCUT2D eigenvalue weighted by molar-refractivity contribution is -0.123. The van der Waals surface area contributed by atoms with Crippen LogP contribution in [0.3, 0.4) is 0 Å². The van der Waals surface area contributed by atoms with Gasteiger partial charge in [0.05, 0.1) is 34.5 Å². The van der Waals surface area contributed by atoms with Crippen LogP contribution >= 0.6 is 11.6 Å². The van der Waals surface area contributed by atoms with Crippen molar-refractivity contribution in [3.8, 4) is 0 Å². The van der Waals surface area contributed by atoms with Crippen molar-refractivity contribution in [2.75, 3.05) is 10.2 Å². The van der Waals surface area contributed by atoms with Gasteiger partial charge in [-0.3, -0.25) is 14.4 Å². The minimum atomic E-state index is -0.430. The number of halogens is 1. The molecule has 3 amide bonds. The molecule has 136 valence electrons. The lowest BCUT2D eigenvalue weighted by Gasteiger charge is -2.18. The Morgan fingerprint density at radius 2 is 1.81 bits per heavy atom. The molecule has 0 unspecified atom stereocenters.